The first-order valence-corrected chi connectivity index (χ1v) is 3.84. The first-order chi connectivity index (χ1) is 5.15. The van der Waals surface area contributed by atoms with Crippen LogP contribution in [0, 0.1) is 0 Å². The highest BCUT2D eigenvalue weighted by Crippen LogP contribution is 2.17. The van der Waals surface area contributed by atoms with E-state index in [0.717, 1.165) is 6.42 Å². The second-order valence-electron chi connectivity index (χ2n) is 2.96. The Morgan fingerprint density at radius 3 is 2.64 bits per heavy atom. The van der Waals surface area contributed by atoms with Crippen LogP contribution in [-0.4, -0.2) is 41.8 Å². The molecular formula is C7H15NO3. The van der Waals surface area contributed by atoms with Crippen LogP contribution in [0.3, 0.4) is 0 Å². The van der Waals surface area contributed by atoms with Gasteiger partial charge >= 0.3 is 0 Å². The zero-order valence-electron chi connectivity index (χ0n) is 6.82. The summed E-state index contributed by atoms with van der Waals surface area (Å²) in [5.74, 6) is 0. The molecule has 4 atom stereocenters. The number of hydrogen-bond acceptors (Lipinski definition) is 4. The van der Waals surface area contributed by atoms with Crippen molar-refractivity contribution >= 4 is 0 Å². The van der Waals surface area contributed by atoms with Crippen LogP contribution in [0.2, 0.25) is 0 Å². The molecule has 0 bridgehead atoms. The van der Waals surface area contributed by atoms with Gasteiger partial charge in [-0.2, -0.15) is 0 Å². The summed E-state index contributed by atoms with van der Waals surface area (Å²) in [6.07, 6.45) is -1.12. The molecule has 0 amide bonds. The highest BCUT2D eigenvalue weighted by Gasteiger charge is 2.33. The van der Waals surface area contributed by atoms with E-state index in [-0.39, 0.29) is 12.1 Å². The first kappa shape index (κ1) is 8.93. The van der Waals surface area contributed by atoms with E-state index in [1.807, 2.05) is 6.92 Å². The lowest BCUT2D eigenvalue weighted by Gasteiger charge is -2.35. The zero-order chi connectivity index (χ0) is 8.43. The van der Waals surface area contributed by atoms with Crippen molar-refractivity contribution in [3.8, 4) is 0 Å². The fourth-order valence-electron chi connectivity index (χ4n) is 1.36. The summed E-state index contributed by atoms with van der Waals surface area (Å²) in [6.45, 7) is 1.87. The monoisotopic (exact) mass is 161 g/mol. The maximum atomic E-state index is 9.32. The van der Waals surface area contributed by atoms with Gasteiger partial charge in [0.15, 0.2) is 6.29 Å². The van der Waals surface area contributed by atoms with Crippen LogP contribution in [0.5, 0.6) is 0 Å². The van der Waals surface area contributed by atoms with Crippen molar-refractivity contribution in [2.75, 3.05) is 7.05 Å². The molecule has 1 heterocycles. The van der Waals surface area contributed by atoms with Gasteiger partial charge in [0.2, 0.25) is 0 Å². The summed E-state index contributed by atoms with van der Waals surface area (Å²) in [7, 11) is 1.76. The molecule has 4 nitrogen and oxygen atoms in total. The predicted octanol–water partition coefficient (Wildman–Crippen LogP) is -0.938. The minimum atomic E-state index is -1.05. The molecule has 3 unspecified atom stereocenters. The molecule has 4 heteroatoms. The Hall–Kier alpha value is -0.160. The molecule has 0 aromatic carbocycles. The summed E-state index contributed by atoms with van der Waals surface area (Å²) >= 11 is 0. The van der Waals surface area contributed by atoms with Crippen molar-refractivity contribution in [2.24, 2.45) is 0 Å². The van der Waals surface area contributed by atoms with E-state index >= 15 is 0 Å². The summed E-state index contributed by atoms with van der Waals surface area (Å²) in [5, 5.41) is 21.4. The van der Waals surface area contributed by atoms with E-state index in [0.29, 0.717) is 0 Å². The number of ether oxygens (including phenoxy) is 1. The second-order valence-corrected chi connectivity index (χ2v) is 2.96. The number of hydrogen-bond donors (Lipinski definition) is 3. The Kier molecular flexibility index (Phi) is 2.84. The van der Waals surface area contributed by atoms with Gasteiger partial charge in [-0.3, -0.25) is 0 Å². The predicted molar refractivity (Wildman–Crippen MR) is 40.0 cm³/mol. The molecule has 0 aliphatic carbocycles. The lowest BCUT2D eigenvalue weighted by Crippen LogP contribution is -2.52. The molecule has 0 saturated carbocycles. The zero-order valence-corrected chi connectivity index (χ0v) is 6.82. The van der Waals surface area contributed by atoms with Crippen LogP contribution in [-0.2, 0) is 4.74 Å². The summed E-state index contributed by atoms with van der Waals surface area (Å²) in [6, 6.07) is -0.0613. The van der Waals surface area contributed by atoms with Crippen LogP contribution in [0.1, 0.15) is 13.3 Å². The Morgan fingerprint density at radius 2 is 2.09 bits per heavy atom. The van der Waals surface area contributed by atoms with Crippen molar-refractivity contribution < 1.29 is 14.9 Å². The van der Waals surface area contributed by atoms with Crippen molar-refractivity contribution in [1.82, 2.24) is 5.32 Å². The molecule has 66 valence electrons. The maximum absolute atomic E-state index is 9.32. The number of rotatable bonds is 1. The SMILES string of the molecule is CNC1CC(C)O[C@@H](O)C1O. The van der Waals surface area contributed by atoms with Crippen LogP contribution in [0.15, 0.2) is 0 Å². The molecule has 3 N–H and O–H groups in total. The molecule has 0 aromatic heterocycles. The fourth-order valence-corrected chi connectivity index (χ4v) is 1.36. The minimum Gasteiger partial charge on any atom is -0.386 e. The Bertz CT molecular complexity index is 131. The van der Waals surface area contributed by atoms with Gasteiger partial charge in [-0.25, -0.2) is 0 Å². The van der Waals surface area contributed by atoms with Gasteiger partial charge in [0.05, 0.1) is 6.10 Å². The molecule has 1 saturated heterocycles. The Morgan fingerprint density at radius 1 is 1.45 bits per heavy atom. The molecule has 0 radical (unpaired) electrons. The van der Waals surface area contributed by atoms with Gasteiger partial charge in [-0.1, -0.05) is 0 Å². The number of likely N-dealkylation sites (N-methyl/N-ethyl adjacent to an activating group) is 1. The largest absolute Gasteiger partial charge is 0.386 e. The van der Waals surface area contributed by atoms with Gasteiger partial charge in [0.1, 0.15) is 6.10 Å². The van der Waals surface area contributed by atoms with Gasteiger partial charge in [-0.05, 0) is 20.4 Å². The van der Waals surface area contributed by atoms with Gasteiger partial charge in [0, 0.05) is 6.04 Å². The van der Waals surface area contributed by atoms with E-state index in [9.17, 15) is 5.11 Å². The topological polar surface area (TPSA) is 61.7 Å². The summed E-state index contributed by atoms with van der Waals surface area (Å²) in [5.41, 5.74) is 0. The van der Waals surface area contributed by atoms with E-state index < -0.39 is 12.4 Å². The van der Waals surface area contributed by atoms with Crippen LogP contribution < -0.4 is 5.32 Å². The molecule has 11 heavy (non-hydrogen) atoms. The third-order valence-electron chi connectivity index (χ3n) is 2.03. The Balaban J connectivity index is 2.51. The third kappa shape index (κ3) is 1.90. The third-order valence-corrected chi connectivity index (χ3v) is 2.03. The first-order valence-electron chi connectivity index (χ1n) is 3.84. The molecular weight excluding hydrogens is 146 g/mol. The van der Waals surface area contributed by atoms with Gasteiger partial charge in [0.25, 0.3) is 0 Å². The smallest absolute Gasteiger partial charge is 0.182 e. The maximum Gasteiger partial charge on any atom is 0.182 e. The summed E-state index contributed by atoms with van der Waals surface area (Å²) < 4.78 is 5.00. The molecule has 1 aliphatic rings. The van der Waals surface area contributed by atoms with E-state index in [2.05, 4.69) is 5.32 Å². The van der Waals surface area contributed by atoms with Gasteiger partial charge in [-0.15, -0.1) is 0 Å². The van der Waals surface area contributed by atoms with Crippen molar-refractivity contribution in [3.63, 3.8) is 0 Å². The minimum absolute atomic E-state index is 0.00542. The Labute approximate surface area is 66.2 Å². The molecule has 1 rings (SSSR count). The van der Waals surface area contributed by atoms with Crippen molar-refractivity contribution in [2.45, 2.75) is 37.9 Å². The highest BCUT2D eigenvalue weighted by atomic mass is 16.6. The number of aliphatic hydroxyl groups excluding tert-OH is 2. The van der Waals surface area contributed by atoms with Crippen LogP contribution >= 0.6 is 0 Å². The lowest BCUT2D eigenvalue weighted by molar-refractivity contribution is -0.219. The standard InChI is InChI=1S/C7H15NO3/c1-4-3-5(8-2)6(9)7(10)11-4/h4-10H,3H2,1-2H3/t4?,5?,6?,7-/m1/s1. The van der Waals surface area contributed by atoms with Crippen molar-refractivity contribution in [3.05, 3.63) is 0 Å². The molecule has 1 aliphatic heterocycles. The number of aliphatic hydroxyl groups is 2. The summed E-state index contributed by atoms with van der Waals surface area (Å²) in [4.78, 5) is 0. The molecule has 1 fully saturated rings. The van der Waals surface area contributed by atoms with E-state index in [1.54, 1.807) is 7.05 Å². The van der Waals surface area contributed by atoms with E-state index in [1.165, 1.54) is 0 Å². The van der Waals surface area contributed by atoms with E-state index in [4.69, 9.17) is 9.84 Å². The fraction of sp³-hybridized carbons (Fsp3) is 1.00. The normalized spacial score (nSPS) is 45.8. The number of nitrogens with one attached hydrogen (secondary N) is 1. The quantitative estimate of drug-likeness (QED) is 0.464. The average molecular weight is 161 g/mol. The van der Waals surface area contributed by atoms with Crippen LogP contribution in [0.25, 0.3) is 0 Å². The molecule has 0 aromatic rings. The van der Waals surface area contributed by atoms with Crippen LogP contribution in [0.4, 0.5) is 0 Å². The second kappa shape index (κ2) is 3.49. The van der Waals surface area contributed by atoms with Crippen molar-refractivity contribution in [1.29, 1.82) is 0 Å². The highest BCUT2D eigenvalue weighted by molar-refractivity contribution is 4.83. The lowest BCUT2D eigenvalue weighted by atomic mass is 10.0. The molecule has 0 spiro atoms. The average Bonchev–Trinajstić information content (AvgIpc) is 1.96. The van der Waals surface area contributed by atoms with Gasteiger partial charge < -0.3 is 20.3 Å².